The Hall–Kier alpha value is -0.640. The van der Waals surface area contributed by atoms with E-state index in [1.807, 2.05) is 0 Å². The van der Waals surface area contributed by atoms with Crippen LogP contribution in [0.4, 0.5) is 0 Å². The predicted octanol–water partition coefficient (Wildman–Crippen LogP) is 2.09. The highest BCUT2D eigenvalue weighted by Crippen LogP contribution is 2.46. The van der Waals surface area contributed by atoms with Gasteiger partial charge >= 0.3 is 0 Å². The number of phenols is 1. The smallest absolute Gasteiger partial charge is 0.156 e. The highest BCUT2D eigenvalue weighted by atomic mass is 35.5. The zero-order valence-corrected chi connectivity index (χ0v) is 8.06. The van der Waals surface area contributed by atoms with Gasteiger partial charge < -0.3 is 15.6 Å². The summed E-state index contributed by atoms with van der Waals surface area (Å²) in [6.07, 6.45) is 0. The van der Waals surface area contributed by atoms with Gasteiger partial charge in [-0.3, -0.25) is 0 Å². The average molecular weight is 220 g/mol. The van der Waals surface area contributed by atoms with Crippen LogP contribution in [0.25, 0.3) is 0 Å². The second kappa shape index (κ2) is 2.94. The fraction of sp³-hybridized carbons (Fsp3) is 0.250. The third kappa shape index (κ3) is 1.24. The summed E-state index contributed by atoms with van der Waals surface area (Å²) < 4.78 is 5.20. The van der Waals surface area contributed by atoms with Crippen LogP contribution in [0.3, 0.4) is 0 Å². The summed E-state index contributed by atoms with van der Waals surface area (Å²) in [6, 6.07) is 1.36. The van der Waals surface area contributed by atoms with E-state index < -0.39 is 0 Å². The number of rotatable bonds is 0. The summed E-state index contributed by atoms with van der Waals surface area (Å²) in [5.41, 5.74) is 6.45. The van der Waals surface area contributed by atoms with Crippen molar-refractivity contribution in [3.63, 3.8) is 0 Å². The zero-order chi connectivity index (χ0) is 9.59. The lowest BCUT2D eigenvalue weighted by atomic mass is 10.1. The van der Waals surface area contributed by atoms with Gasteiger partial charge in [0.2, 0.25) is 0 Å². The van der Waals surface area contributed by atoms with Crippen LogP contribution in [0.5, 0.6) is 11.5 Å². The Balaban J connectivity index is 2.67. The quantitative estimate of drug-likeness (QED) is 0.703. The van der Waals surface area contributed by atoms with Crippen molar-refractivity contribution < 1.29 is 9.84 Å². The molecule has 0 spiro atoms. The molecule has 0 fully saturated rings. The molecule has 0 radical (unpaired) electrons. The standard InChI is InChI=1S/C8H7Cl2NO2/c9-4-1-3-5(11)2-13-8(3)6(10)7(4)12/h1,5,12H,2,11H2/t5-/m1/s1. The first-order valence-corrected chi connectivity index (χ1v) is 4.46. The summed E-state index contributed by atoms with van der Waals surface area (Å²) in [7, 11) is 0. The minimum Gasteiger partial charge on any atom is -0.505 e. The molecular weight excluding hydrogens is 213 g/mol. The first-order chi connectivity index (χ1) is 6.11. The monoisotopic (exact) mass is 219 g/mol. The van der Waals surface area contributed by atoms with Crippen molar-refractivity contribution >= 4 is 23.2 Å². The van der Waals surface area contributed by atoms with Crippen molar-refractivity contribution in [2.24, 2.45) is 5.73 Å². The molecule has 5 heteroatoms. The van der Waals surface area contributed by atoms with Crippen molar-refractivity contribution in [2.75, 3.05) is 6.61 Å². The summed E-state index contributed by atoms with van der Waals surface area (Å²) in [5.74, 6) is 0.284. The van der Waals surface area contributed by atoms with E-state index >= 15 is 0 Å². The molecule has 0 bridgehead atoms. The van der Waals surface area contributed by atoms with Crippen LogP contribution in [0.15, 0.2) is 6.07 Å². The minimum atomic E-state index is -0.217. The average Bonchev–Trinajstić information content (AvgIpc) is 2.45. The van der Waals surface area contributed by atoms with Crippen LogP contribution in [0, 0.1) is 0 Å². The van der Waals surface area contributed by atoms with Crippen LogP contribution in [-0.2, 0) is 0 Å². The molecule has 0 aliphatic carbocycles. The van der Waals surface area contributed by atoms with Crippen molar-refractivity contribution in [3.8, 4) is 11.5 Å². The van der Waals surface area contributed by atoms with Gasteiger partial charge in [-0.2, -0.15) is 0 Å². The molecule has 1 heterocycles. The number of nitrogens with two attached hydrogens (primary N) is 1. The first-order valence-electron chi connectivity index (χ1n) is 3.70. The van der Waals surface area contributed by atoms with Crippen molar-refractivity contribution in [2.45, 2.75) is 6.04 Å². The summed E-state index contributed by atoms with van der Waals surface area (Å²) >= 11 is 11.5. The molecule has 1 aromatic rings. The maximum atomic E-state index is 9.37. The van der Waals surface area contributed by atoms with Crippen LogP contribution in [0.1, 0.15) is 11.6 Å². The van der Waals surface area contributed by atoms with E-state index in [1.165, 1.54) is 0 Å². The molecule has 2 rings (SSSR count). The van der Waals surface area contributed by atoms with E-state index in [-0.39, 0.29) is 21.8 Å². The summed E-state index contributed by atoms with van der Waals surface area (Å²) in [5, 5.41) is 9.71. The Morgan fingerprint density at radius 1 is 1.54 bits per heavy atom. The fourth-order valence-electron chi connectivity index (χ4n) is 1.29. The van der Waals surface area contributed by atoms with E-state index in [0.29, 0.717) is 12.4 Å². The number of hydrogen-bond acceptors (Lipinski definition) is 3. The molecule has 13 heavy (non-hydrogen) atoms. The Bertz CT molecular complexity index is 368. The van der Waals surface area contributed by atoms with Gasteiger partial charge in [0.15, 0.2) is 5.75 Å². The zero-order valence-electron chi connectivity index (χ0n) is 6.55. The SMILES string of the molecule is N[C@@H]1COc2c1cc(Cl)c(O)c2Cl. The fourth-order valence-corrected chi connectivity index (χ4v) is 1.82. The number of aromatic hydroxyl groups is 1. The van der Waals surface area contributed by atoms with Crippen LogP contribution >= 0.6 is 23.2 Å². The second-order valence-electron chi connectivity index (χ2n) is 2.86. The number of halogens is 2. The third-order valence-electron chi connectivity index (χ3n) is 1.98. The van der Waals surface area contributed by atoms with Gasteiger partial charge in [-0.05, 0) is 6.07 Å². The van der Waals surface area contributed by atoms with Gasteiger partial charge in [-0.1, -0.05) is 23.2 Å². The molecule has 0 saturated heterocycles. The van der Waals surface area contributed by atoms with Crippen molar-refractivity contribution in [3.05, 3.63) is 21.7 Å². The molecule has 0 saturated carbocycles. The van der Waals surface area contributed by atoms with Gasteiger partial charge in [0.1, 0.15) is 17.4 Å². The van der Waals surface area contributed by atoms with E-state index in [2.05, 4.69) is 0 Å². The Morgan fingerprint density at radius 3 is 2.92 bits per heavy atom. The van der Waals surface area contributed by atoms with Crippen molar-refractivity contribution in [1.29, 1.82) is 0 Å². The lowest BCUT2D eigenvalue weighted by molar-refractivity contribution is 0.332. The van der Waals surface area contributed by atoms with Crippen LogP contribution in [0.2, 0.25) is 10.0 Å². The molecule has 70 valence electrons. The van der Waals surface area contributed by atoms with E-state index in [4.69, 9.17) is 33.7 Å². The van der Waals surface area contributed by atoms with Gasteiger partial charge in [-0.15, -0.1) is 0 Å². The lowest BCUT2D eigenvalue weighted by Crippen LogP contribution is -2.10. The molecule has 3 nitrogen and oxygen atoms in total. The van der Waals surface area contributed by atoms with Crippen LogP contribution < -0.4 is 10.5 Å². The van der Waals surface area contributed by atoms with E-state index in [9.17, 15) is 5.11 Å². The molecule has 3 N–H and O–H groups in total. The van der Waals surface area contributed by atoms with Gasteiger partial charge in [0.25, 0.3) is 0 Å². The lowest BCUT2D eigenvalue weighted by Gasteiger charge is -2.06. The largest absolute Gasteiger partial charge is 0.505 e. The van der Waals surface area contributed by atoms with Gasteiger partial charge in [0, 0.05) is 5.56 Å². The number of benzene rings is 1. The topological polar surface area (TPSA) is 55.5 Å². The van der Waals surface area contributed by atoms with Crippen molar-refractivity contribution in [1.82, 2.24) is 0 Å². The maximum Gasteiger partial charge on any atom is 0.156 e. The maximum absolute atomic E-state index is 9.37. The normalized spacial score (nSPS) is 19.8. The molecule has 0 aromatic heterocycles. The van der Waals surface area contributed by atoms with Gasteiger partial charge in [0.05, 0.1) is 11.1 Å². The highest BCUT2D eigenvalue weighted by Gasteiger charge is 2.26. The molecule has 0 unspecified atom stereocenters. The Kier molecular flexibility index (Phi) is 2.02. The van der Waals surface area contributed by atoms with Crippen LogP contribution in [-0.4, -0.2) is 11.7 Å². The minimum absolute atomic E-state index is 0.135. The third-order valence-corrected chi connectivity index (χ3v) is 2.62. The van der Waals surface area contributed by atoms with E-state index in [0.717, 1.165) is 5.56 Å². The van der Waals surface area contributed by atoms with E-state index in [1.54, 1.807) is 6.07 Å². The number of fused-ring (bicyclic) bond motifs is 1. The number of hydrogen-bond donors (Lipinski definition) is 2. The predicted molar refractivity (Wildman–Crippen MR) is 50.6 cm³/mol. The highest BCUT2D eigenvalue weighted by molar-refractivity contribution is 6.38. The molecule has 0 amide bonds. The molecular formula is C8H7Cl2NO2. The summed E-state index contributed by atoms with van der Waals surface area (Å²) in [6.45, 7) is 0.370. The molecule has 1 aliphatic rings. The Morgan fingerprint density at radius 2 is 2.23 bits per heavy atom. The molecule has 1 aliphatic heterocycles. The number of ether oxygens (including phenoxy) is 1. The molecule has 1 atom stereocenters. The number of phenolic OH excluding ortho intramolecular Hbond substituents is 1. The summed E-state index contributed by atoms with van der Waals surface area (Å²) in [4.78, 5) is 0. The second-order valence-corrected chi connectivity index (χ2v) is 3.64. The van der Waals surface area contributed by atoms with Gasteiger partial charge in [-0.25, -0.2) is 0 Å². The molecule has 1 aromatic carbocycles. The first kappa shape index (κ1) is 8.94. The Labute approximate surface area is 85.0 Å².